The van der Waals surface area contributed by atoms with E-state index in [9.17, 15) is 4.79 Å². The molecule has 0 aliphatic rings. The van der Waals surface area contributed by atoms with Gasteiger partial charge in [0, 0.05) is 17.5 Å². The van der Waals surface area contributed by atoms with Crippen LogP contribution in [0.5, 0.6) is 0 Å². The second kappa shape index (κ2) is 6.18. The number of fused-ring (bicyclic) bond motifs is 1. The quantitative estimate of drug-likeness (QED) is 0.628. The van der Waals surface area contributed by atoms with E-state index in [0.29, 0.717) is 17.4 Å². The number of nitrogens with one attached hydrogen (secondary N) is 2. The molecule has 7 nitrogen and oxygen atoms in total. The Labute approximate surface area is 143 Å². The van der Waals surface area contributed by atoms with E-state index in [4.69, 9.17) is 17.3 Å². The highest BCUT2D eigenvalue weighted by Gasteiger charge is 2.15. The molecule has 0 aliphatic heterocycles. The summed E-state index contributed by atoms with van der Waals surface area (Å²) in [5.41, 5.74) is 7.72. The number of H-pyrrole nitrogens is 1. The summed E-state index contributed by atoms with van der Waals surface area (Å²) < 4.78 is 0. The van der Waals surface area contributed by atoms with E-state index in [1.807, 2.05) is 19.9 Å². The number of amides is 1. The number of pyridine rings is 1. The van der Waals surface area contributed by atoms with Crippen molar-refractivity contribution < 1.29 is 4.79 Å². The van der Waals surface area contributed by atoms with Crippen LogP contribution in [0.25, 0.3) is 22.3 Å². The lowest BCUT2D eigenvalue weighted by atomic mass is 10.1. The van der Waals surface area contributed by atoms with E-state index in [2.05, 4.69) is 25.3 Å². The number of nitrogens with two attached hydrogens (primary N) is 1. The Morgan fingerprint density at radius 2 is 2.12 bits per heavy atom. The molecule has 0 aliphatic carbocycles. The summed E-state index contributed by atoms with van der Waals surface area (Å²) in [6.07, 6.45) is 4.65. The fourth-order valence-corrected chi connectivity index (χ4v) is 2.31. The molecule has 0 aromatic carbocycles. The zero-order valence-electron chi connectivity index (χ0n) is 13.3. The first-order valence-corrected chi connectivity index (χ1v) is 7.73. The van der Waals surface area contributed by atoms with Gasteiger partial charge >= 0.3 is 0 Å². The maximum atomic E-state index is 12.2. The Morgan fingerprint density at radius 1 is 1.33 bits per heavy atom. The largest absolute Gasteiger partial charge is 0.352 e. The highest BCUT2D eigenvalue weighted by atomic mass is 35.5. The minimum Gasteiger partial charge on any atom is -0.352 e. The molecule has 0 saturated carbocycles. The molecule has 3 rings (SSSR count). The number of rotatable bonds is 4. The predicted molar refractivity (Wildman–Crippen MR) is 92.7 cm³/mol. The van der Waals surface area contributed by atoms with E-state index >= 15 is 0 Å². The van der Waals surface area contributed by atoms with Crippen LogP contribution in [0.4, 0.5) is 0 Å². The van der Waals surface area contributed by atoms with Gasteiger partial charge in [-0.1, -0.05) is 11.6 Å². The first-order chi connectivity index (χ1) is 11.3. The molecular formula is C16H17ClN6O. The van der Waals surface area contributed by atoms with Crippen molar-refractivity contribution in [2.75, 3.05) is 6.54 Å². The van der Waals surface area contributed by atoms with E-state index in [-0.39, 0.29) is 11.6 Å². The number of halogens is 1. The minimum atomic E-state index is -0.496. The van der Waals surface area contributed by atoms with Crippen molar-refractivity contribution in [2.45, 2.75) is 19.4 Å². The van der Waals surface area contributed by atoms with Gasteiger partial charge in [-0.3, -0.25) is 9.78 Å². The van der Waals surface area contributed by atoms with E-state index in [1.165, 1.54) is 6.20 Å². The third kappa shape index (κ3) is 3.69. The molecule has 0 fully saturated rings. The van der Waals surface area contributed by atoms with Gasteiger partial charge in [-0.05, 0) is 26.0 Å². The number of aromatic amines is 1. The average Bonchev–Trinajstić information content (AvgIpc) is 2.95. The van der Waals surface area contributed by atoms with Gasteiger partial charge in [0.15, 0.2) is 0 Å². The molecule has 0 spiro atoms. The van der Waals surface area contributed by atoms with Crippen molar-refractivity contribution in [3.63, 3.8) is 0 Å². The standard InChI is InChI=1S/C16H17ClN6O/c1-16(2,18)8-21-15(24)13-6-19-5-12(23-13)10-3-9-4-14(17)20-7-11(9)22-10/h3-7,22H,8,18H2,1-2H3,(H,21,24). The van der Waals surface area contributed by atoms with Crippen molar-refractivity contribution in [3.8, 4) is 11.4 Å². The second-order valence-electron chi connectivity index (χ2n) is 6.24. The second-order valence-corrected chi connectivity index (χ2v) is 6.63. The number of aromatic nitrogens is 4. The van der Waals surface area contributed by atoms with E-state index < -0.39 is 5.54 Å². The average molecular weight is 345 g/mol. The van der Waals surface area contributed by atoms with Crippen LogP contribution in [-0.4, -0.2) is 37.9 Å². The Morgan fingerprint density at radius 3 is 2.88 bits per heavy atom. The predicted octanol–water partition coefficient (Wildman–Crippen LogP) is 2.14. The Balaban J connectivity index is 1.87. The van der Waals surface area contributed by atoms with Gasteiger partial charge in [0.1, 0.15) is 16.5 Å². The fraction of sp³-hybridized carbons (Fsp3) is 0.250. The van der Waals surface area contributed by atoms with Crippen molar-refractivity contribution in [2.24, 2.45) is 5.73 Å². The Kier molecular flexibility index (Phi) is 4.21. The topological polar surface area (TPSA) is 110 Å². The SMILES string of the molecule is CC(C)(N)CNC(=O)c1cncc(-c2cc3cc(Cl)ncc3[nH]2)n1. The zero-order valence-corrected chi connectivity index (χ0v) is 14.1. The molecule has 0 unspecified atom stereocenters. The van der Waals surface area contributed by atoms with Gasteiger partial charge in [0.2, 0.25) is 0 Å². The summed E-state index contributed by atoms with van der Waals surface area (Å²) in [6, 6.07) is 3.64. The first kappa shape index (κ1) is 16.4. The normalized spacial score (nSPS) is 11.7. The molecule has 24 heavy (non-hydrogen) atoms. The Bertz CT molecular complexity index is 899. The third-order valence-electron chi connectivity index (χ3n) is 3.32. The molecule has 0 radical (unpaired) electrons. The van der Waals surface area contributed by atoms with Crippen molar-refractivity contribution in [1.29, 1.82) is 0 Å². The summed E-state index contributed by atoms with van der Waals surface area (Å²) in [5.74, 6) is -0.316. The summed E-state index contributed by atoms with van der Waals surface area (Å²) in [5, 5.41) is 4.07. The molecule has 0 bridgehead atoms. The zero-order chi connectivity index (χ0) is 17.3. The minimum absolute atomic E-state index is 0.228. The van der Waals surface area contributed by atoms with Crippen LogP contribution in [0.2, 0.25) is 5.15 Å². The summed E-state index contributed by atoms with van der Waals surface area (Å²) in [7, 11) is 0. The number of nitrogens with zero attached hydrogens (tertiary/aromatic N) is 3. The molecule has 1 amide bonds. The maximum Gasteiger partial charge on any atom is 0.271 e. The summed E-state index contributed by atoms with van der Waals surface area (Å²) in [6.45, 7) is 4.01. The molecule has 8 heteroatoms. The lowest BCUT2D eigenvalue weighted by molar-refractivity contribution is 0.0940. The van der Waals surface area contributed by atoms with Crippen LogP contribution in [0, 0.1) is 0 Å². The monoisotopic (exact) mass is 344 g/mol. The summed E-state index contributed by atoms with van der Waals surface area (Å²) >= 11 is 5.90. The smallest absolute Gasteiger partial charge is 0.271 e. The fourth-order valence-electron chi connectivity index (χ4n) is 2.15. The third-order valence-corrected chi connectivity index (χ3v) is 3.53. The molecule has 4 N–H and O–H groups in total. The number of hydrogen-bond acceptors (Lipinski definition) is 5. The van der Waals surface area contributed by atoms with Gasteiger partial charge in [0.25, 0.3) is 5.91 Å². The first-order valence-electron chi connectivity index (χ1n) is 7.36. The molecule has 3 heterocycles. The van der Waals surface area contributed by atoms with Crippen LogP contribution < -0.4 is 11.1 Å². The molecule has 3 aromatic rings. The number of carbonyl (C=O) groups is 1. The number of carbonyl (C=O) groups excluding carboxylic acids is 1. The Hall–Kier alpha value is -2.51. The summed E-state index contributed by atoms with van der Waals surface area (Å²) in [4.78, 5) is 27.9. The van der Waals surface area contributed by atoms with Crippen molar-refractivity contribution >= 4 is 28.4 Å². The lowest BCUT2D eigenvalue weighted by Crippen LogP contribution is -2.45. The maximum absolute atomic E-state index is 12.2. The van der Waals surface area contributed by atoms with Gasteiger partial charge < -0.3 is 16.0 Å². The number of hydrogen-bond donors (Lipinski definition) is 3. The lowest BCUT2D eigenvalue weighted by Gasteiger charge is -2.18. The van der Waals surface area contributed by atoms with Crippen LogP contribution in [0.15, 0.2) is 30.7 Å². The highest BCUT2D eigenvalue weighted by molar-refractivity contribution is 6.30. The molecule has 0 atom stereocenters. The molecule has 0 saturated heterocycles. The van der Waals surface area contributed by atoms with Gasteiger partial charge in [-0.2, -0.15) is 0 Å². The van der Waals surface area contributed by atoms with Gasteiger partial charge in [-0.15, -0.1) is 0 Å². The van der Waals surface area contributed by atoms with E-state index in [0.717, 1.165) is 16.6 Å². The van der Waals surface area contributed by atoms with Crippen LogP contribution in [0.1, 0.15) is 24.3 Å². The van der Waals surface area contributed by atoms with Gasteiger partial charge in [-0.25, -0.2) is 9.97 Å². The molecular weight excluding hydrogens is 328 g/mol. The van der Waals surface area contributed by atoms with Gasteiger partial charge in [0.05, 0.1) is 29.8 Å². The van der Waals surface area contributed by atoms with Crippen molar-refractivity contribution in [1.82, 2.24) is 25.3 Å². The highest BCUT2D eigenvalue weighted by Crippen LogP contribution is 2.23. The van der Waals surface area contributed by atoms with Crippen molar-refractivity contribution in [3.05, 3.63) is 41.6 Å². The molecule has 124 valence electrons. The molecule has 3 aromatic heterocycles. The van der Waals surface area contributed by atoms with E-state index in [1.54, 1.807) is 18.5 Å². The van der Waals surface area contributed by atoms with Crippen LogP contribution >= 0.6 is 11.6 Å². The van der Waals surface area contributed by atoms with Crippen LogP contribution in [-0.2, 0) is 0 Å². The van der Waals surface area contributed by atoms with Crippen LogP contribution in [0.3, 0.4) is 0 Å².